The lowest BCUT2D eigenvalue weighted by Crippen LogP contribution is -2.19. The van der Waals surface area contributed by atoms with Gasteiger partial charge in [0.1, 0.15) is 0 Å². The molecule has 6 nitrogen and oxygen atoms in total. The lowest BCUT2D eigenvalue weighted by atomic mass is 10.2. The Hall–Kier alpha value is -2.54. The van der Waals surface area contributed by atoms with Crippen LogP contribution in [0.4, 0.5) is 5.69 Å². The number of anilines is 1. The van der Waals surface area contributed by atoms with Gasteiger partial charge in [0.25, 0.3) is 5.91 Å². The van der Waals surface area contributed by atoms with Crippen LogP contribution in [0.1, 0.15) is 49.0 Å². The van der Waals surface area contributed by atoms with Crippen molar-refractivity contribution in [1.82, 2.24) is 5.43 Å². The van der Waals surface area contributed by atoms with E-state index in [0.29, 0.717) is 17.1 Å². The molecule has 0 bridgehead atoms. The SMILES string of the molecule is CC[C@@H](C)Oc1c(Br)cc(/C=N\NC(=O)c2ccc(N3CCCC3)cc2)cc1OC. The molecule has 1 heterocycles. The van der Waals surface area contributed by atoms with Gasteiger partial charge in [-0.3, -0.25) is 4.79 Å². The largest absolute Gasteiger partial charge is 0.493 e. The van der Waals surface area contributed by atoms with Crippen LogP contribution >= 0.6 is 15.9 Å². The Labute approximate surface area is 186 Å². The van der Waals surface area contributed by atoms with Crippen molar-refractivity contribution in [3.05, 3.63) is 52.0 Å². The molecule has 1 atom stereocenters. The van der Waals surface area contributed by atoms with E-state index in [1.54, 1.807) is 13.3 Å². The summed E-state index contributed by atoms with van der Waals surface area (Å²) in [5.74, 6) is 1.02. The molecule has 1 amide bonds. The third-order valence-corrected chi connectivity index (χ3v) is 5.72. The van der Waals surface area contributed by atoms with Gasteiger partial charge in [-0.15, -0.1) is 0 Å². The number of nitrogens with one attached hydrogen (secondary N) is 1. The maximum absolute atomic E-state index is 12.4. The van der Waals surface area contributed by atoms with Crippen LogP contribution in [0, 0.1) is 0 Å². The third kappa shape index (κ3) is 5.53. The van der Waals surface area contributed by atoms with Crippen molar-refractivity contribution in [3.63, 3.8) is 0 Å². The Morgan fingerprint density at radius 2 is 1.97 bits per heavy atom. The zero-order chi connectivity index (χ0) is 21.5. The van der Waals surface area contributed by atoms with Crippen molar-refractivity contribution in [1.29, 1.82) is 0 Å². The number of hydrogen-bond acceptors (Lipinski definition) is 5. The molecule has 0 saturated carbocycles. The molecule has 0 spiro atoms. The Morgan fingerprint density at radius 1 is 1.27 bits per heavy atom. The first kappa shape index (κ1) is 22.2. The number of methoxy groups -OCH3 is 1. The van der Waals surface area contributed by atoms with Gasteiger partial charge in [0, 0.05) is 24.3 Å². The second kappa shape index (κ2) is 10.5. The topological polar surface area (TPSA) is 63.2 Å². The number of rotatable bonds is 8. The second-order valence-electron chi connectivity index (χ2n) is 7.31. The van der Waals surface area contributed by atoms with E-state index in [2.05, 4.69) is 38.3 Å². The van der Waals surface area contributed by atoms with Crippen LogP contribution in [0.5, 0.6) is 11.5 Å². The molecule has 3 rings (SSSR count). The summed E-state index contributed by atoms with van der Waals surface area (Å²) in [5, 5.41) is 4.09. The van der Waals surface area contributed by atoms with Crippen LogP contribution in [0.15, 0.2) is 46.0 Å². The van der Waals surface area contributed by atoms with Gasteiger partial charge in [0.2, 0.25) is 0 Å². The Kier molecular flexibility index (Phi) is 7.74. The van der Waals surface area contributed by atoms with Crippen molar-refractivity contribution in [2.75, 3.05) is 25.1 Å². The highest BCUT2D eigenvalue weighted by atomic mass is 79.9. The quantitative estimate of drug-likeness (QED) is 0.432. The zero-order valence-electron chi connectivity index (χ0n) is 17.7. The number of nitrogens with zero attached hydrogens (tertiary/aromatic N) is 2. The molecule has 7 heteroatoms. The average Bonchev–Trinajstić information content (AvgIpc) is 3.30. The smallest absolute Gasteiger partial charge is 0.271 e. The van der Waals surface area contributed by atoms with Crippen LogP contribution < -0.4 is 19.8 Å². The maximum Gasteiger partial charge on any atom is 0.271 e. The summed E-state index contributed by atoms with van der Waals surface area (Å²) >= 11 is 3.53. The fourth-order valence-electron chi connectivity index (χ4n) is 3.24. The molecule has 160 valence electrons. The second-order valence-corrected chi connectivity index (χ2v) is 8.17. The summed E-state index contributed by atoms with van der Waals surface area (Å²) < 4.78 is 12.2. The molecule has 2 aromatic carbocycles. The van der Waals surface area contributed by atoms with Gasteiger partial charge in [-0.05, 0) is 84.1 Å². The summed E-state index contributed by atoms with van der Waals surface area (Å²) in [4.78, 5) is 14.7. The van der Waals surface area contributed by atoms with Crippen molar-refractivity contribution in [2.24, 2.45) is 5.10 Å². The summed E-state index contributed by atoms with van der Waals surface area (Å²) in [7, 11) is 1.60. The van der Waals surface area contributed by atoms with Crippen LogP contribution in [-0.4, -0.2) is 38.4 Å². The van der Waals surface area contributed by atoms with Crippen LogP contribution in [0.25, 0.3) is 0 Å². The first-order valence-electron chi connectivity index (χ1n) is 10.2. The summed E-state index contributed by atoms with van der Waals surface area (Å²) in [6.45, 7) is 6.23. The number of hydrogen-bond donors (Lipinski definition) is 1. The van der Waals surface area contributed by atoms with Crippen molar-refractivity contribution >= 4 is 33.7 Å². The fourth-order valence-corrected chi connectivity index (χ4v) is 3.80. The fraction of sp³-hybridized carbons (Fsp3) is 0.391. The monoisotopic (exact) mass is 473 g/mol. The average molecular weight is 474 g/mol. The highest BCUT2D eigenvalue weighted by Crippen LogP contribution is 2.37. The molecule has 0 aliphatic carbocycles. The first-order chi connectivity index (χ1) is 14.5. The van der Waals surface area contributed by atoms with Crippen LogP contribution in [0.3, 0.4) is 0 Å². The predicted molar refractivity (Wildman–Crippen MR) is 124 cm³/mol. The lowest BCUT2D eigenvalue weighted by Gasteiger charge is -2.17. The molecule has 1 N–H and O–H groups in total. The third-order valence-electron chi connectivity index (χ3n) is 5.13. The standard InChI is InChI=1S/C23H28BrN3O3/c1-4-16(2)30-22-20(24)13-17(14-21(22)29-3)15-25-26-23(28)18-7-9-19(10-8-18)27-11-5-6-12-27/h7-10,13-16H,4-6,11-12H2,1-3H3,(H,26,28)/b25-15-/t16-/m1/s1. The number of benzene rings is 2. The summed E-state index contributed by atoms with van der Waals surface area (Å²) in [6, 6.07) is 11.3. The first-order valence-corrected chi connectivity index (χ1v) is 11.0. The number of amides is 1. The molecule has 1 aliphatic rings. The van der Waals surface area contributed by atoms with Crippen molar-refractivity contribution in [3.8, 4) is 11.5 Å². The van der Waals surface area contributed by atoms with Gasteiger partial charge in [-0.2, -0.15) is 5.10 Å². The van der Waals surface area contributed by atoms with Crippen LogP contribution in [-0.2, 0) is 0 Å². The number of ether oxygens (including phenoxy) is 2. The number of hydrazone groups is 1. The van der Waals surface area contributed by atoms with E-state index >= 15 is 0 Å². The van der Waals surface area contributed by atoms with E-state index in [4.69, 9.17) is 9.47 Å². The van der Waals surface area contributed by atoms with Gasteiger partial charge in [0.05, 0.1) is 23.9 Å². The molecular weight excluding hydrogens is 446 g/mol. The molecule has 1 fully saturated rings. The molecule has 30 heavy (non-hydrogen) atoms. The molecule has 1 saturated heterocycles. The van der Waals surface area contributed by atoms with Gasteiger partial charge in [-0.25, -0.2) is 5.43 Å². The minimum absolute atomic E-state index is 0.0749. The molecular formula is C23H28BrN3O3. The molecule has 0 aromatic heterocycles. The lowest BCUT2D eigenvalue weighted by molar-refractivity contribution is 0.0955. The van der Waals surface area contributed by atoms with Crippen molar-refractivity contribution < 1.29 is 14.3 Å². The Bertz CT molecular complexity index is 893. The van der Waals surface area contributed by atoms with E-state index in [9.17, 15) is 4.79 Å². The van der Waals surface area contributed by atoms with Crippen molar-refractivity contribution in [2.45, 2.75) is 39.2 Å². The normalized spacial score (nSPS) is 14.7. The molecule has 0 radical (unpaired) electrons. The highest BCUT2D eigenvalue weighted by Gasteiger charge is 2.14. The van der Waals surface area contributed by atoms with E-state index in [-0.39, 0.29) is 12.0 Å². The van der Waals surface area contributed by atoms with E-state index < -0.39 is 0 Å². The van der Waals surface area contributed by atoms with Gasteiger partial charge in [0.15, 0.2) is 11.5 Å². The van der Waals surface area contributed by atoms with Crippen LogP contribution in [0.2, 0.25) is 0 Å². The minimum atomic E-state index is -0.248. The number of halogens is 1. The Balaban J connectivity index is 1.64. The van der Waals surface area contributed by atoms with Gasteiger partial charge < -0.3 is 14.4 Å². The maximum atomic E-state index is 12.4. The summed E-state index contributed by atoms with van der Waals surface area (Å²) in [6.07, 6.45) is 5.00. The molecule has 0 unspecified atom stereocenters. The predicted octanol–water partition coefficient (Wildman–Crippen LogP) is 5.00. The van der Waals surface area contributed by atoms with Gasteiger partial charge in [-0.1, -0.05) is 6.92 Å². The van der Waals surface area contributed by atoms with E-state index in [1.165, 1.54) is 12.8 Å². The number of carbonyl (C=O) groups excluding carboxylic acids is 1. The minimum Gasteiger partial charge on any atom is -0.493 e. The Morgan fingerprint density at radius 3 is 2.60 bits per heavy atom. The van der Waals surface area contributed by atoms with E-state index in [0.717, 1.165) is 35.2 Å². The molecule has 2 aromatic rings. The zero-order valence-corrected chi connectivity index (χ0v) is 19.2. The number of carbonyl (C=O) groups is 1. The highest BCUT2D eigenvalue weighted by molar-refractivity contribution is 9.10. The van der Waals surface area contributed by atoms with E-state index in [1.807, 2.05) is 43.3 Å². The molecule has 1 aliphatic heterocycles. The summed E-state index contributed by atoms with van der Waals surface area (Å²) in [5.41, 5.74) is 5.09. The van der Waals surface area contributed by atoms with Gasteiger partial charge >= 0.3 is 0 Å².